The first-order chi connectivity index (χ1) is 9.16. The van der Waals surface area contributed by atoms with Gasteiger partial charge in [-0.1, -0.05) is 26.0 Å². The van der Waals surface area contributed by atoms with Crippen LogP contribution >= 0.6 is 0 Å². The molecule has 2 aliphatic carbocycles. The van der Waals surface area contributed by atoms with Crippen LogP contribution in [-0.4, -0.2) is 30.1 Å². The highest BCUT2D eigenvalue weighted by Gasteiger charge is 2.32. The average molecular weight is 264 g/mol. The highest BCUT2D eigenvalue weighted by molar-refractivity contribution is 5.74. The van der Waals surface area contributed by atoms with Crippen molar-refractivity contribution >= 4 is 6.03 Å². The third-order valence-electron chi connectivity index (χ3n) is 4.12. The van der Waals surface area contributed by atoms with Crippen LogP contribution < -0.4 is 5.32 Å². The van der Waals surface area contributed by atoms with Crippen LogP contribution in [0.1, 0.15) is 52.4 Å². The molecule has 2 amide bonds. The summed E-state index contributed by atoms with van der Waals surface area (Å²) < 4.78 is 0. The van der Waals surface area contributed by atoms with Crippen molar-refractivity contribution in [2.45, 2.75) is 58.4 Å². The summed E-state index contributed by atoms with van der Waals surface area (Å²) in [7, 11) is 0. The first-order valence-electron chi connectivity index (χ1n) is 7.86. The van der Waals surface area contributed by atoms with Gasteiger partial charge in [0.25, 0.3) is 0 Å². The van der Waals surface area contributed by atoms with Crippen molar-refractivity contribution in [2.75, 3.05) is 13.1 Å². The number of hydrogen-bond acceptors (Lipinski definition) is 1. The molecule has 1 unspecified atom stereocenters. The van der Waals surface area contributed by atoms with Gasteiger partial charge in [0.1, 0.15) is 0 Å². The molecule has 1 fully saturated rings. The van der Waals surface area contributed by atoms with Gasteiger partial charge in [-0.3, -0.25) is 0 Å². The van der Waals surface area contributed by atoms with Gasteiger partial charge in [0.2, 0.25) is 0 Å². The van der Waals surface area contributed by atoms with E-state index in [2.05, 4.69) is 36.2 Å². The Balaban J connectivity index is 1.73. The minimum absolute atomic E-state index is 0.165. The number of rotatable bonds is 6. The molecule has 1 N–H and O–H groups in total. The van der Waals surface area contributed by atoms with Crippen LogP contribution in [0.25, 0.3) is 0 Å². The minimum Gasteiger partial charge on any atom is -0.338 e. The summed E-state index contributed by atoms with van der Waals surface area (Å²) in [6.45, 7) is 6.20. The molecule has 0 aromatic heterocycles. The van der Waals surface area contributed by atoms with E-state index < -0.39 is 0 Å². The Kier molecular flexibility index (Phi) is 5.29. The van der Waals surface area contributed by atoms with Crippen LogP contribution in [0.15, 0.2) is 12.2 Å². The summed E-state index contributed by atoms with van der Waals surface area (Å²) in [6, 6.07) is 0.683. The zero-order chi connectivity index (χ0) is 13.7. The molecule has 0 saturated heterocycles. The molecule has 0 aromatic rings. The van der Waals surface area contributed by atoms with E-state index in [-0.39, 0.29) is 6.03 Å². The largest absolute Gasteiger partial charge is 0.338 e. The number of carbonyl (C=O) groups is 1. The summed E-state index contributed by atoms with van der Waals surface area (Å²) in [5, 5.41) is 3.15. The average Bonchev–Trinajstić information content (AvgIpc) is 3.22. The van der Waals surface area contributed by atoms with Crippen molar-refractivity contribution in [1.29, 1.82) is 0 Å². The second-order valence-electron chi connectivity index (χ2n) is 6.44. The van der Waals surface area contributed by atoms with Gasteiger partial charge in [-0.2, -0.15) is 0 Å². The Labute approximate surface area is 117 Å². The monoisotopic (exact) mass is 264 g/mol. The molecule has 2 rings (SSSR count). The molecular formula is C16H28N2O. The van der Waals surface area contributed by atoms with E-state index in [1.54, 1.807) is 0 Å². The van der Waals surface area contributed by atoms with Crippen molar-refractivity contribution < 1.29 is 4.79 Å². The van der Waals surface area contributed by atoms with Gasteiger partial charge in [0.05, 0.1) is 0 Å². The molecule has 0 bridgehead atoms. The number of carbonyl (C=O) groups excluding carboxylic acids is 1. The Bertz CT molecular complexity index is 321. The third kappa shape index (κ3) is 4.88. The lowest BCUT2D eigenvalue weighted by Gasteiger charge is -2.25. The predicted molar refractivity (Wildman–Crippen MR) is 79.1 cm³/mol. The fraction of sp³-hybridized carbons (Fsp3) is 0.812. The topological polar surface area (TPSA) is 32.3 Å². The van der Waals surface area contributed by atoms with Gasteiger partial charge >= 0.3 is 6.03 Å². The number of nitrogens with one attached hydrogen (secondary N) is 1. The standard InChI is InChI=1S/C16H28N2O/c1-13(2)10-11-18(15-8-9-15)16(19)17-12-14-6-4-3-5-7-14/h3-4,13-15H,5-12H2,1-2H3,(H,17,19). The second-order valence-corrected chi connectivity index (χ2v) is 6.44. The quantitative estimate of drug-likeness (QED) is 0.731. The fourth-order valence-electron chi connectivity index (χ4n) is 2.61. The molecule has 0 aliphatic heterocycles. The SMILES string of the molecule is CC(C)CCN(C(=O)NCC1CC=CCC1)C1CC1. The minimum atomic E-state index is 0.165. The first kappa shape index (κ1) is 14.4. The lowest BCUT2D eigenvalue weighted by molar-refractivity contribution is 0.189. The van der Waals surface area contributed by atoms with Crippen LogP contribution in [-0.2, 0) is 0 Å². The maximum Gasteiger partial charge on any atom is 0.317 e. The summed E-state index contributed by atoms with van der Waals surface area (Å²) in [5.74, 6) is 1.30. The van der Waals surface area contributed by atoms with E-state index in [0.29, 0.717) is 17.9 Å². The Morgan fingerprint density at radius 3 is 2.68 bits per heavy atom. The third-order valence-corrected chi connectivity index (χ3v) is 4.12. The molecule has 0 aromatic carbocycles. The van der Waals surface area contributed by atoms with E-state index in [9.17, 15) is 4.79 Å². The van der Waals surface area contributed by atoms with Gasteiger partial charge in [0.15, 0.2) is 0 Å². The molecule has 1 saturated carbocycles. The maximum atomic E-state index is 12.3. The van der Waals surface area contributed by atoms with Crippen LogP contribution in [0.4, 0.5) is 4.79 Å². The zero-order valence-corrected chi connectivity index (χ0v) is 12.4. The van der Waals surface area contributed by atoms with E-state index in [1.165, 1.54) is 25.7 Å². The molecular weight excluding hydrogens is 236 g/mol. The summed E-state index contributed by atoms with van der Waals surface area (Å²) >= 11 is 0. The zero-order valence-electron chi connectivity index (χ0n) is 12.4. The number of allylic oxidation sites excluding steroid dienone is 2. The number of urea groups is 1. The lowest BCUT2D eigenvalue weighted by atomic mass is 9.94. The molecule has 108 valence electrons. The number of amides is 2. The summed E-state index contributed by atoms with van der Waals surface area (Å²) in [5.41, 5.74) is 0. The highest BCUT2D eigenvalue weighted by atomic mass is 16.2. The van der Waals surface area contributed by atoms with E-state index >= 15 is 0 Å². The summed E-state index contributed by atoms with van der Waals surface area (Å²) in [4.78, 5) is 14.3. The van der Waals surface area contributed by atoms with Crippen molar-refractivity contribution in [3.8, 4) is 0 Å². The Hall–Kier alpha value is -0.990. The first-order valence-corrected chi connectivity index (χ1v) is 7.86. The van der Waals surface area contributed by atoms with Crippen LogP contribution in [0.5, 0.6) is 0 Å². The molecule has 0 heterocycles. The Morgan fingerprint density at radius 1 is 1.32 bits per heavy atom. The molecule has 19 heavy (non-hydrogen) atoms. The smallest absolute Gasteiger partial charge is 0.317 e. The summed E-state index contributed by atoms with van der Waals surface area (Å²) in [6.07, 6.45) is 11.5. The molecule has 0 spiro atoms. The van der Waals surface area contributed by atoms with Crippen molar-refractivity contribution in [1.82, 2.24) is 10.2 Å². The fourth-order valence-corrected chi connectivity index (χ4v) is 2.61. The number of nitrogens with zero attached hydrogens (tertiary/aromatic N) is 1. The second kappa shape index (κ2) is 6.97. The van der Waals surface area contributed by atoms with Gasteiger partial charge in [-0.25, -0.2) is 4.79 Å². The molecule has 3 nitrogen and oxygen atoms in total. The normalized spacial score (nSPS) is 22.6. The van der Waals surface area contributed by atoms with Crippen LogP contribution in [0.3, 0.4) is 0 Å². The number of hydrogen-bond donors (Lipinski definition) is 1. The van der Waals surface area contributed by atoms with Crippen molar-refractivity contribution in [3.63, 3.8) is 0 Å². The van der Waals surface area contributed by atoms with Crippen LogP contribution in [0, 0.1) is 11.8 Å². The molecule has 3 heteroatoms. The maximum absolute atomic E-state index is 12.3. The highest BCUT2D eigenvalue weighted by Crippen LogP contribution is 2.27. The van der Waals surface area contributed by atoms with E-state index in [0.717, 1.165) is 25.9 Å². The van der Waals surface area contributed by atoms with Gasteiger partial charge in [-0.15, -0.1) is 0 Å². The van der Waals surface area contributed by atoms with Gasteiger partial charge < -0.3 is 10.2 Å². The molecule has 0 radical (unpaired) electrons. The lowest BCUT2D eigenvalue weighted by Crippen LogP contribution is -2.43. The van der Waals surface area contributed by atoms with Gasteiger partial charge in [-0.05, 0) is 50.4 Å². The van der Waals surface area contributed by atoms with Gasteiger partial charge in [0, 0.05) is 19.1 Å². The molecule has 2 aliphatic rings. The van der Waals surface area contributed by atoms with Crippen molar-refractivity contribution in [2.24, 2.45) is 11.8 Å². The van der Waals surface area contributed by atoms with Crippen molar-refractivity contribution in [3.05, 3.63) is 12.2 Å². The molecule has 1 atom stereocenters. The van der Waals surface area contributed by atoms with E-state index in [1.807, 2.05) is 0 Å². The van der Waals surface area contributed by atoms with Crippen LogP contribution in [0.2, 0.25) is 0 Å². The van der Waals surface area contributed by atoms with E-state index in [4.69, 9.17) is 0 Å². The Morgan fingerprint density at radius 2 is 2.11 bits per heavy atom. The predicted octanol–water partition coefficient (Wildman–Crippen LogP) is 3.56.